The second-order valence-electron chi connectivity index (χ2n) is 7.60. The summed E-state index contributed by atoms with van der Waals surface area (Å²) in [7, 11) is 2.15. The van der Waals surface area contributed by atoms with E-state index in [2.05, 4.69) is 94.3 Å². The van der Waals surface area contributed by atoms with Crippen molar-refractivity contribution in [3.05, 3.63) is 51.9 Å². The number of benzene rings is 1. The zero-order chi connectivity index (χ0) is 18.3. The number of hydrogen-bond acceptors (Lipinski definition) is 4. The predicted molar refractivity (Wildman–Crippen MR) is 109 cm³/mol. The van der Waals surface area contributed by atoms with Crippen molar-refractivity contribution >= 4 is 16.3 Å². The Labute approximate surface area is 156 Å². The van der Waals surface area contributed by atoms with Gasteiger partial charge in [-0.2, -0.15) is 0 Å². The van der Waals surface area contributed by atoms with Crippen LogP contribution in [0, 0.1) is 19.8 Å². The summed E-state index contributed by atoms with van der Waals surface area (Å²) in [6.45, 7) is 13.8. The molecule has 0 radical (unpaired) electrons. The zero-order valence-electron chi connectivity index (χ0n) is 16.5. The first-order chi connectivity index (χ1) is 11.8. The molecule has 1 aromatic carbocycles. The number of rotatable bonds is 4. The molecule has 0 bridgehead atoms. The third-order valence-electron chi connectivity index (χ3n) is 5.61. The Morgan fingerprint density at radius 2 is 1.72 bits per heavy atom. The van der Waals surface area contributed by atoms with Gasteiger partial charge < -0.3 is 4.90 Å². The molecule has 3 rings (SSSR count). The molecule has 1 saturated heterocycles. The summed E-state index contributed by atoms with van der Waals surface area (Å²) >= 11 is 1.95. The maximum Gasteiger partial charge on any atom is 0.0978 e. The minimum absolute atomic E-state index is 0.333. The standard InChI is InChI=1S/C21H31N3S/c1-13(2)20-22-23(7)17(6)24(20)21-19(14(3)16(5)25-21)15(4)18-11-9-8-10-12-18/h8-13,15,17,20,22H,1-7H3. The largest absolute Gasteiger partial charge is 0.329 e. The van der Waals surface area contributed by atoms with E-state index in [4.69, 9.17) is 0 Å². The Bertz CT molecular complexity index is 722. The average Bonchev–Trinajstić information content (AvgIpc) is 3.05. The first-order valence-electron chi connectivity index (χ1n) is 9.25. The van der Waals surface area contributed by atoms with Crippen LogP contribution in [-0.4, -0.2) is 24.4 Å². The van der Waals surface area contributed by atoms with E-state index in [1.54, 1.807) is 0 Å². The van der Waals surface area contributed by atoms with Crippen molar-refractivity contribution in [1.29, 1.82) is 0 Å². The van der Waals surface area contributed by atoms with E-state index in [0.717, 1.165) is 0 Å². The van der Waals surface area contributed by atoms with Crippen molar-refractivity contribution in [3.63, 3.8) is 0 Å². The molecule has 1 aromatic heterocycles. The molecule has 1 fully saturated rings. The molecular weight excluding hydrogens is 326 g/mol. The molecule has 3 nitrogen and oxygen atoms in total. The summed E-state index contributed by atoms with van der Waals surface area (Å²) < 4.78 is 0. The molecule has 25 heavy (non-hydrogen) atoms. The van der Waals surface area contributed by atoms with Crippen LogP contribution in [-0.2, 0) is 0 Å². The van der Waals surface area contributed by atoms with E-state index >= 15 is 0 Å². The highest BCUT2D eigenvalue weighted by atomic mass is 32.1. The molecule has 0 saturated carbocycles. The molecule has 3 atom stereocenters. The Morgan fingerprint density at radius 3 is 2.32 bits per heavy atom. The highest BCUT2D eigenvalue weighted by Gasteiger charge is 2.39. The maximum atomic E-state index is 3.65. The van der Waals surface area contributed by atoms with Gasteiger partial charge in [-0.25, -0.2) is 10.4 Å². The first kappa shape index (κ1) is 18.4. The second-order valence-corrected chi connectivity index (χ2v) is 8.81. The Balaban J connectivity index is 2.10. The van der Waals surface area contributed by atoms with Crippen molar-refractivity contribution in [2.75, 3.05) is 11.9 Å². The highest BCUT2D eigenvalue weighted by Crippen LogP contribution is 2.45. The van der Waals surface area contributed by atoms with Gasteiger partial charge >= 0.3 is 0 Å². The van der Waals surface area contributed by atoms with Crippen LogP contribution in [0.5, 0.6) is 0 Å². The third kappa shape index (κ3) is 3.23. The van der Waals surface area contributed by atoms with Crippen LogP contribution in [0.3, 0.4) is 0 Å². The number of thiophene rings is 1. The lowest BCUT2D eigenvalue weighted by molar-refractivity contribution is 0.228. The lowest BCUT2D eigenvalue weighted by Crippen LogP contribution is -2.42. The average molecular weight is 358 g/mol. The Hall–Kier alpha value is -1.36. The lowest BCUT2D eigenvalue weighted by Gasteiger charge is -2.32. The van der Waals surface area contributed by atoms with Crippen LogP contribution < -0.4 is 10.3 Å². The maximum absolute atomic E-state index is 3.65. The predicted octanol–water partition coefficient (Wildman–Crippen LogP) is 5.10. The fraction of sp³-hybridized carbons (Fsp3) is 0.524. The van der Waals surface area contributed by atoms with Crippen LogP contribution in [0.15, 0.2) is 30.3 Å². The summed E-state index contributed by atoms with van der Waals surface area (Å²) in [6.07, 6.45) is 0.672. The molecular formula is C21H31N3S. The van der Waals surface area contributed by atoms with Gasteiger partial charge in [-0.15, -0.1) is 11.3 Å². The molecule has 0 aliphatic carbocycles. The molecule has 1 N–H and O–H groups in total. The molecule has 3 unspecified atom stereocenters. The number of aryl methyl sites for hydroxylation is 1. The van der Waals surface area contributed by atoms with E-state index < -0.39 is 0 Å². The third-order valence-corrected chi connectivity index (χ3v) is 6.85. The Kier molecular flexibility index (Phi) is 5.24. The van der Waals surface area contributed by atoms with Crippen LogP contribution in [0.4, 0.5) is 5.00 Å². The van der Waals surface area contributed by atoms with Gasteiger partial charge in [0, 0.05) is 17.8 Å². The van der Waals surface area contributed by atoms with Crippen LogP contribution in [0.25, 0.3) is 0 Å². The lowest BCUT2D eigenvalue weighted by atomic mass is 9.91. The number of hydrogen-bond donors (Lipinski definition) is 1. The second kappa shape index (κ2) is 7.10. The molecule has 4 heteroatoms. The minimum Gasteiger partial charge on any atom is -0.329 e. The van der Waals surface area contributed by atoms with E-state index in [9.17, 15) is 0 Å². The summed E-state index contributed by atoms with van der Waals surface area (Å²) in [5, 5.41) is 3.67. The van der Waals surface area contributed by atoms with Gasteiger partial charge in [-0.1, -0.05) is 51.1 Å². The fourth-order valence-corrected chi connectivity index (χ4v) is 5.17. The van der Waals surface area contributed by atoms with Gasteiger partial charge in [0.1, 0.15) is 0 Å². The molecule has 0 amide bonds. The van der Waals surface area contributed by atoms with Gasteiger partial charge in [-0.3, -0.25) is 0 Å². The van der Waals surface area contributed by atoms with Crippen LogP contribution >= 0.6 is 11.3 Å². The summed E-state index contributed by atoms with van der Waals surface area (Å²) in [5.41, 5.74) is 7.97. The number of hydrazine groups is 1. The molecule has 0 spiro atoms. The summed E-state index contributed by atoms with van der Waals surface area (Å²) in [4.78, 5) is 4.02. The summed E-state index contributed by atoms with van der Waals surface area (Å²) in [5.74, 6) is 0.932. The zero-order valence-corrected chi connectivity index (χ0v) is 17.3. The van der Waals surface area contributed by atoms with Gasteiger partial charge in [0.25, 0.3) is 0 Å². The van der Waals surface area contributed by atoms with Crippen molar-refractivity contribution in [3.8, 4) is 0 Å². The van der Waals surface area contributed by atoms with E-state index in [0.29, 0.717) is 24.2 Å². The SMILES string of the molecule is Cc1sc(N2C(C(C)C)NN(C)C2C)c(C(C)c2ccccc2)c1C. The van der Waals surface area contributed by atoms with E-state index in [-0.39, 0.29) is 0 Å². The number of nitrogens with one attached hydrogen (secondary N) is 1. The smallest absolute Gasteiger partial charge is 0.0978 e. The van der Waals surface area contributed by atoms with Crippen molar-refractivity contribution < 1.29 is 0 Å². The quantitative estimate of drug-likeness (QED) is 0.821. The van der Waals surface area contributed by atoms with Crippen LogP contribution in [0.2, 0.25) is 0 Å². The molecule has 2 aromatic rings. The van der Waals surface area contributed by atoms with Gasteiger partial charge in [0.05, 0.1) is 17.3 Å². The normalized spacial score (nSPS) is 22.8. The Morgan fingerprint density at radius 1 is 1.08 bits per heavy atom. The molecule has 2 heterocycles. The van der Waals surface area contributed by atoms with E-state index in [1.807, 2.05) is 11.3 Å². The molecule has 1 aliphatic rings. The van der Waals surface area contributed by atoms with Crippen molar-refractivity contribution in [2.45, 2.75) is 59.8 Å². The summed E-state index contributed by atoms with van der Waals surface area (Å²) in [6, 6.07) is 10.9. The van der Waals surface area contributed by atoms with Crippen molar-refractivity contribution in [2.24, 2.45) is 5.92 Å². The first-order valence-corrected chi connectivity index (χ1v) is 10.1. The van der Waals surface area contributed by atoms with Gasteiger partial charge in [0.15, 0.2) is 0 Å². The monoisotopic (exact) mass is 357 g/mol. The van der Waals surface area contributed by atoms with Gasteiger partial charge in [-0.05, 0) is 43.4 Å². The number of anilines is 1. The molecule has 1 aliphatic heterocycles. The fourth-order valence-electron chi connectivity index (χ4n) is 3.80. The topological polar surface area (TPSA) is 18.5 Å². The van der Waals surface area contributed by atoms with Crippen molar-refractivity contribution in [1.82, 2.24) is 10.4 Å². The van der Waals surface area contributed by atoms with Crippen LogP contribution in [0.1, 0.15) is 55.2 Å². The minimum atomic E-state index is 0.333. The van der Waals surface area contributed by atoms with Gasteiger partial charge in [0.2, 0.25) is 0 Å². The highest BCUT2D eigenvalue weighted by molar-refractivity contribution is 7.16. The molecule has 136 valence electrons. The number of nitrogens with zero attached hydrogens (tertiary/aromatic N) is 2. The van der Waals surface area contributed by atoms with E-state index in [1.165, 1.54) is 26.6 Å².